The molecule has 4 nitrogen and oxygen atoms in total. The van der Waals surface area contributed by atoms with E-state index in [2.05, 4.69) is 36.4 Å². The van der Waals surface area contributed by atoms with Crippen LogP contribution in [-0.2, 0) is 13.6 Å². The Morgan fingerprint density at radius 1 is 1.33 bits per heavy atom. The molecular weight excluding hydrogens is 188 g/mol. The third-order valence-electron chi connectivity index (χ3n) is 2.18. The molecule has 1 rings (SSSR count). The second-order valence-corrected chi connectivity index (χ2v) is 4.85. The molecule has 0 aliphatic rings. The highest BCUT2D eigenvalue weighted by Crippen LogP contribution is 1.97. The number of aryl methyl sites for hydroxylation is 1. The van der Waals surface area contributed by atoms with Crippen molar-refractivity contribution in [1.29, 1.82) is 0 Å². The number of rotatable bonds is 5. The van der Waals surface area contributed by atoms with Gasteiger partial charge in [0.1, 0.15) is 0 Å². The lowest BCUT2D eigenvalue weighted by Gasteiger charge is -2.20. The van der Waals surface area contributed by atoms with E-state index in [0.29, 0.717) is 0 Å². The summed E-state index contributed by atoms with van der Waals surface area (Å²) in [5, 5.41) is 6.81. The first-order chi connectivity index (χ1) is 6.99. The van der Waals surface area contributed by atoms with Crippen molar-refractivity contribution in [1.82, 2.24) is 20.2 Å². The van der Waals surface area contributed by atoms with Crippen molar-refractivity contribution in [3.63, 3.8) is 0 Å². The quantitative estimate of drug-likeness (QED) is 0.710. The summed E-state index contributed by atoms with van der Waals surface area (Å²) in [4.78, 5) is 4.07. The van der Waals surface area contributed by atoms with Crippen LogP contribution in [0.25, 0.3) is 0 Å². The van der Waals surface area contributed by atoms with Crippen LogP contribution < -0.4 is 10.6 Å². The van der Waals surface area contributed by atoms with Gasteiger partial charge in [-0.15, -0.1) is 0 Å². The van der Waals surface area contributed by atoms with E-state index in [1.807, 2.05) is 24.1 Å². The molecule has 0 atom stereocenters. The average Bonchev–Trinajstić information content (AvgIpc) is 2.49. The molecule has 4 heteroatoms. The number of nitrogens with zero attached hydrogens (tertiary/aromatic N) is 2. The van der Waals surface area contributed by atoms with Gasteiger partial charge in [-0.3, -0.25) is 0 Å². The molecule has 2 N–H and O–H groups in total. The third kappa shape index (κ3) is 4.95. The topological polar surface area (TPSA) is 41.9 Å². The zero-order valence-corrected chi connectivity index (χ0v) is 10.2. The first-order valence-corrected chi connectivity index (χ1v) is 5.40. The lowest BCUT2D eigenvalue weighted by Crippen LogP contribution is -2.40. The van der Waals surface area contributed by atoms with Crippen molar-refractivity contribution in [2.24, 2.45) is 7.05 Å². The highest BCUT2D eigenvalue weighted by Gasteiger charge is 2.06. The van der Waals surface area contributed by atoms with Crippen LogP contribution in [0, 0.1) is 0 Å². The maximum Gasteiger partial charge on any atom is 0.0945 e. The maximum absolute atomic E-state index is 4.07. The molecule has 1 heterocycles. The normalized spacial score (nSPS) is 12.0. The van der Waals surface area contributed by atoms with Crippen molar-refractivity contribution in [3.05, 3.63) is 18.2 Å². The van der Waals surface area contributed by atoms with Gasteiger partial charge >= 0.3 is 0 Å². The number of imidazole rings is 1. The lowest BCUT2D eigenvalue weighted by atomic mass is 10.1. The fourth-order valence-electron chi connectivity index (χ4n) is 1.30. The largest absolute Gasteiger partial charge is 0.337 e. The Morgan fingerprint density at radius 2 is 2.07 bits per heavy atom. The summed E-state index contributed by atoms with van der Waals surface area (Å²) in [6.07, 6.45) is 3.72. The molecular formula is C11H22N4. The van der Waals surface area contributed by atoms with Crippen molar-refractivity contribution in [3.8, 4) is 0 Å². The molecule has 0 aliphatic carbocycles. The van der Waals surface area contributed by atoms with Gasteiger partial charge in [-0.1, -0.05) is 0 Å². The Hall–Kier alpha value is -0.870. The molecule has 0 spiro atoms. The number of hydrogen-bond donors (Lipinski definition) is 2. The fraction of sp³-hybridized carbons (Fsp3) is 0.727. The summed E-state index contributed by atoms with van der Waals surface area (Å²) in [5.74, 6) is 0. The second-order valence-electron chi connectivity index (χ2n) is 4.85. The van der Waals surface area contributed by atoms with Crippen molar-refractivity contribution >= 4 is 0 Å². The van der Waals surface area contributed by atoms with E-state index >= 15 is 0 Å². The molecule has 1 aromatic heterocycles. The molecule has 15 heavy (non-hydrogen) atoms. The van der Waals surface area contributed by atoms with Crippen LogP contribution in [0.1, 0.15) is 26.5 Å². The van der Waals surface area contributed by atoms with Crippen molar-refractivity contribution in [2.75, 3.05) is 13.1 Å². The predicted octanol–water partition coefficient (Wildman–Crippen LogP) is 0.898. The minimum absolute atomic E-state index is 0.203. The van der Waals surface area contributed by atoms with E-state index in [1.54, 1.807) is 0 Å². The summed E-state index contributed by atoms with van der Waals surface area (Å²) in [6, 6.07) is 0. The van der Waals surface area contributed by atoms with E-state index < -0.39 is 0 Å². The first kappa shape index (κ1) is 12.2. The first-order valence-electron chi connectivity index (χ1n) is 5.40. The predicted molar refractivity (Wildman–Crippen MR) is 62.7 cm³/mol. The molecule has 0 saturated carbocycles. The number of nitrogens with one attached hydrogen (secondary N) is 2. The summed E-state index contributed by atoms with van der Waals surface area (Å²) < 4.78 is 2.03. The van der Waals surface area contributed by atoms with Gasteiger partial charge in [0, 0.05) is 38.4 Å². The molecule has 0 fully saturated rings. The van der Waals surface area contributed by atoms with Gasteiger partial charge in [-0.2, -0.15) is 0 Å². The van der Waals surface area contributed by atoms with Crippen LogP contribution in [-0.4, -0.2) is 28.2 Å². The standard InChI is InChI=1S/C11H22N4/c1-11(2,3)14-6-5-12-7-10-8-13-9-15(10)4/h8-9,12,14H,5-7H2,1-4H3. The Bertz CT molecular complexity index is 285. The third-order valence-corrected chi connectivity index (χ3v) is 2.18. The van der Waals surface area contributed by atoms with E-state index in [1.165, 1.54) is 5.69 Å². The van der Waals surface area contributed by atoms with Gasteiger partial charge < -0.3 is 15.2 Å². The molecule has 86 valence electrons. The van der Waals surface area contributed by atoms with Crippen LogP contribution in [0.2, 0.25) is 0 Å². The molecule has 0 radical (unpaired) electrons. The minimum atomic E-state index is 0.203. The number of hydrogen-bond acceptors (Lipinski definition) is 3. The van der Waals surface area contributed by atoms with E-state index in [4.69, 9.17) is 0 Å². The Balaban J connectivity index is 2.10. The zero-order chi connectivity index (χ0) is 11.3. The fourth-order valence-corrected chi connectivity index (χ4v) is 1.30. The van der Waals surface area contributed by atoms with Crippen LogP contribution >= 0.6 is 0 Å². The Morgan fingerprint density at radius 3 is 2.60 bits per heavy atom. The van der Waals surface area contributed by atoms with Gasteiger partial charge in [0.15, 0.2) is 0 Å². The van der Waals surface area contributed by atoms with Gasteiger partial charge in [-0.05, 0) is 20.8 Å². The highest BCUT2D eigenvalue weighted by atomic mass is 15.1. The van der Waals surface area contributed by atoms with Crippen LogP contribution in [0.5, 0.6) is 0 Å². The van der Waals surface area contributed by atoms with Gasteiger partial charge in [-0.25, -0.2) is 4.98 Å². The highest BCUT2D eigenvalue weighted by molar-refractivity contribution is 4.96. The van der Waals surface area contributed by atoms with Crippen LogP contribution in [0.4, 0.5) is 0 Å². The van der Waals surface area contributed by atoms with Crippen LogP contribution in [0.15, 0.2) is 12.5 Å². The lowest BCUT2D eigenvalue weighted by molar-refractivity contribution is 0.421. The second kappa shape index (κ2) is 5.28. The summed E-state index contributed by atoms with van der Waals surface area (Å²) in [6.45, 7) is 9.36. The molecule has 0 amide bonds. The van der Waals surface area contributed by atoms with E-state index in [-0.39, 0.29) is 5.54 Å². The molecule has 0 unspecified atom stereocenters. The van der Waals surface area contributed by atoms with E-state index in [0.717, 1.165) is 19.6 Å². The summed E-state index contributed by atoms with van der Waals surface area (Å²) in [7, 11) is 2.01. The SMILES string of the molecule is Cn1cncc1CNCCNC(C)(C)C. The molecule has 1 aromatic rings. The van der Waals surface area contributed by atoms with Crippen LogP contribution in [0.3, 0.4) is 0 Å². The average molecular weight is 210 g/mol. The van der Waals surface area contributed by atoms with Crippen molar-refractivity contribution in [2.45, 2.75) is 32.9 Å². The molecule has 0 aliphatic heterocycles. The monoisotopic (exact) mass is 210 g/mol. The smallest absolute Gasteiger partial charge is 0.0945 e. The van der Waals surface area contributed by atoms with Gasteiger partial charge in [0.05, 0.1) is 12.0 Å². The summed E-state index contributed by atoms with van der Waals surface area (Å²) >= 11 is 0. The Kier molecular flexibility index (Phi) is 4.29. The molecule has 0 bridgehead atoms. The number of aromatic nitrogens is 2. The zero-order valence-electron chi connectivity index (χ0n) is 10.2. The molecule has 0 saturated heterocycles. The Labute approximate surface area is 92.1 Å². The molecule has 0 aromatic carbocycles. The minimum Gasteiger partial charge on any atom is -0.337 e. The summed E-state index contributed by atoms with van der Waals surface area (Å²) in [5.41, 5.74) is 1.42. The van der Waals surface area contributed by atoms with Gasteiger partial charge in [0.2, 0.25) is 0 Å². The maximum atomic E-state index is 4.07. The van der Waals surface area contributed by atoms with Gasteiger partial charge in [0.25, 0.3) is 0 Å². The van der Waals surface area contributed by atoms with Crippen molar-refractivity contribution < 1.29 is 0 Å². The van der Waals surface area contributed by atoms with E-state index in [9.17, 15) is 0 Å².